The highest BCUT2D eigenvalue weighted by Crippen LogP contribution is 2.33. The second-order valence-corrected chi connectivity index (χ2v) is 5.42. The van der Waals surface area contributed by atoms with Crippen LogP contribution in [0.4, 0.5) is 4.39 Å². The van der Waals surface area contributed by atoms with Crippen molar-refractivity contribution in [3.05, 3.63) is 58.5 Å². The van der Waals surface area contributed by atoms with Gasteiger partial charge < -0.3 is 13.9 Å². The molecule has 3 aromatic rings. The van der Waals surface area contributed by atoms with Gasteiger partial charge in [-0.2, -0.15) is 4.39 Å². The van der Waals surface area contributed by atoms with E-state index in [0.717, 1.165) is 13.0 Å². The first kappa shape index (κ1) is 17.3. The average molecular weight is 356 g/mol. The maximum Gasteiger partial charge on any atom is 0.308 e. The minimum absolute atomic E-state index is 0.00461. The Morgan fingerprint density at radius 2 is 1.65 bits per heavy atom. The Labute approximate surface area is 146 Å². The zero-order chi connectivity index (χ0) is 18.8. The highest BCUT2D eigenvalue weighted by atomic mass is 19.1. The summed E-state index contributed by atoms with van der Waals surface area (Å²) in [7, 11) is 0. The Kier molecular flexibility index (Phi) is 4.53. The smallest absolute Gasteiger partial charge is 0.308 e. The molecule has 0 spiro atoms. The van der Waals surface area contributed by atoms with Gasteiger partial charge in [0.25, 0.3) is 0 Å². The second-order valence-electron chi connectivity index (χ2n) is 5.42. The van der Waals surface area contributed by atoms with Gasteiger partial charge in [-0.05, 0) is 0 Å². The highest BCUT2D eigenvalue weighted by Gasteiger charge is 2.21. The SMILES string of the molecule is CC(=O)Oc1cc(OC(C)=O)c2c(=O)c(F)c(-c3ccccc3)oc2c1. The van der Waals surface area contributed by atoms with Crippen LogP contribution < -0.4 is 14.9 Å². The van der Waals surface area contributed by atoms with Crippen LogP contribution in [0.3, 0.4) is 0 Å². The summed E-state index contributed by atoms with van der Waals surface area (Å²) in [6.07, 6.45) is 0. The third-order valence-corrected chi connectivity index (χ3v) is 3.43. The Morgan fingerprint density at radius 3 is 2.27 bits per heavy atom. The number of carbonyl (C=O) groups excluding carboxylic acids is 2. The lowest BCUT2D eigenvalue weighted by Gasteiger charge is -2.10. The highest BCUT2D eigenvalue weighted by molar-refractivity contribution is 5.89. The van der Waals surface area contributed by atoms with Crippen LogP contribution in [0.2, 0.25) is 0 Å². The molecule has 1 aromatic heterocycles. The molecular weight excluding hydrogens is 343 g/mol. The van der Waals surface area contributed by atoms with Gasteiger partial charge in [0.1, 0.15) is 22.5 Å². The van der Waals surface area contributed by atoms with Crippen LogP contribution in [0.15, 0.2) is 51.7 Å². The molecule has 2 aromatic carbocycles. The van der Waals surface area contributed by atoms with Crippen molar-refractivity contribution < 1.29 is 27.9 Å². The van der Waals surface area contributed by atoms with Crippen LogP contribution in [-0.4, -0.2) is 11.9 Å². The van der Waals surface area contributed by atoms with Crippen LogP contribution in [-0.2, 0) is 9.59 Å². The fourth-order valence-electron chi connectivity index (χ4n) is 2.47. The van der Waals surface area contributed by atoms with Crippen LogP contribution in [0.1, 0.15) is 13.8 Å². The maximum absolute atomic E-state index is 14.6. The minimum atomic E-state index is -1.11. The van der Waals surface area contributed by atoms with Crippen molar-refractivity contribution in [2.75, 3.05) is 0 Å². The molecule has 0 fully saturated rings. The topological polar surface area (TPSA) is 82.8 Å². The van der Waals surface area contributed by atoms with Crippen LogP contribution in [0, 0.1) is 5.82 Å². The molecule has 0 atom stereocenters. The molecule has 0 radical (unpaired) electrons. The van der Waals surface area contributed by atoms with E-state index in [0.29, 0.717) is 5.56 Å². The third-order valence-electron chi connectivity index (χ3n) is 3.43. The minimum Gasteiger partial charge on any atom is -0.452 e. The first-order chi connectivity index (χ1) is 12.4. The molecule has 132 valence electrons. The summed E-state index contributed by atoms with van der Waals surface area (Å²) in [5, 5.41) is -0.256. The Hall–Kier alpha value is -3.48. The molecule has 0 unspecified atom stereocenters. The van der Waals surface area contributed by atoms with Crippen molar-refractivity contribution >= 4 is 22.9 Å². The summed E-state index contributed by atoms with van der Waals surface area (Å²) in [6, 6.07) is 10.6. The molecule has 26 heavy (non-hydrogen) atoms. The van der Waals surface area contributed by atoms with Crippen molar-refractivity contribution in [3.63, 3.8) is 0 Å². The molecule has 0 saturated carbocycles. The number of hydrogen-bond acceptors (Lipinski definition) is 6. The lowest BCUT2D eigenvalue weighted by atomic mass is 10.1. The Morgan fingerprint density at radius 1 is 1.00 bits per heavy atom. The Balaban J connectivity index is 2.33. The molecule has 0 saturated heterocycles. The third kappa shape index (κ3) is 3.32. The quantitative estimate of drug-likeness (QED) is 0.528. The number of fused-ring (bicyclic) bond motifs is 1. The van der Waals surface area contributed by atoms with Gasteiger partial charge in [0, 0.05) is 31.5 Å². The first-order valence-corrected chi connectivity index (χ1v) is 7.59. The van der Waals surface area contributed by atoms with Crippen LogP contribution >= 0.6 is 0 Å². The Bertz CT molecular complexity index is 1070. The molecule has 1 heterocycles. The van der Waals surface area contributed by atoms with Crippen molar-refractivity contribution in [2.24, 2.45) is 0 Å². The van der Waals surface area contributed by atoms with E-state index < -0.39 is 23.2 Å². The molecule has 0 aliphatic rings. The van der Waals surface area contributed by atoms with E-state index in [1.807, 2.05) is 0 Å². The van der Waals surface area contributed by atoms with Gasteiger partial charge >= 0.3 is 11.9 Å². The molecule has 7 heteroatoms. The molecule has 0 amide bonds. The lowest BCUT2D eigenvalue weighted by Crippen LogP contribution is -2.12. The average Bonchev–Trinajstić information content (AvgIpc) is 2.57. The number of rotatable bonds is 3. The number of ether oxygens (including phenoxy) is 2. The van der Waals surface area contributed by atoms with E-state index in [9.17, 15) is 18.8 Å². The van der Waals surface area contributed by atoms with Gasteiger partial charge in [0.15, 0.2) is 5.76 Å². The van der Waals surface area contributed by atoms with Gasteiger partial charge in [-0.15, -0.1) is 0 Å². The summed E-state index contributed by atoms with van der Waals surface area (Å²) < 4.78 is 30.1. The number of halogens is 1. The van der Waals surface area contributed by atoms with Gasteiger partial charge in [-0.25, -0.2) is 0 Å². The zero-order valence-electron chi connectivity index (χ0n) is 13.9. The summed E-state index contributed by atoms with van der Waals surface area (Å²) in [5.41, 5.74) is -0.711. The largest absolute Gasteiger partial charge is 0.452 e. The molecule has 0 aliphatic carbocycles. The zero-order valence-corrected chi connectivity index (χ0v) is 13.9. The fourth-order valence-corrected chi connectivity index (χ4v) is 2.47. The van der Waals surface area contributed by atoms with Gasteiger partial charge in [0.05, 0.1) is 0 Å². The molecule has 3 rings (SSSR count). The van der Waals surface area contributed by atoms with E-state index in [2.05, 4.69) is 0 Å². The number of esters is 2. The standard InChI is InChI=1S/C19H13FO6/c1-10(21)24-13-8-14(25-11(2)22)16-15(9-13)26-19(17(20)18(16)23)12-6-4-3-5-7-12/h3-9H,1-2H3. The van der Waals surface area contributed by atoms with Gasteiger partial charge in [0.2, 0.25) is 11.2 Å². The summed E-state index contributed by atoms with van der Waals surface area (Å²) >= 11 is 0. The second kappa shape index (κ2) is 6.79. The van der Waals surface area contributed by atoms with Crippen molar-refractivity contribution in [2.45, 2.75) is 13.8 Å². The van der Waals surface area contributed by atoms with Crippen molar-refractivity contribution in [3.8, 4) is 22.8 Å². The first-order valence-electron chi connectivity index (χ1n) is 7.59. The molecule has 6 nitrogen and oxygen atoms in total. The number of benzene rings is 2. The van der Waals surface area contributed by atoms with Crippen LogP contribution in [0.25, 0.3) is 22.3 Å². The number of hydrogen-bond donors (Lipinski definition) is 0. The maximum atomic E-state index is 14.6. The summed E-state index contributed by atoms with van der Waals surface area (Å²) in [6.45, 7) is 2.31. The fraction of sp³-hybridized carbons (Fsp3) is 0.105. The predicted molar refractivity (Wildman–Crippen MR) is 90.5 cm³/mol. The molecule has 0 bridgehead atoms. The van der Waals surface area contributed by atoms with Gasteiger partial charge in [-0.3, -0.25) is 14.4 Å². The van der Waals surface area contributed by atoms with E-state index in [-0.39, 0.29) is 28.2 Å². The van der Waals surface area contributed by atoms with Gasteiger partial charge in [-0.1, -0.05) is 30.3 Å². The van der Waals surface area contributed by atoms with Crippen LogP contribution in [0.5, 0.6) is 11.5 Å². The normalized spacial score (nSPS) is 10.6. The monoisotopic (exact) mass is 356 g/mol. The molecular formula is C19H13FO6. The van der Waals surface area contributed by atoms with E-state index in [4.69, 9.17) is 13.9 Å². The van der Waals surface area contributed by atoms with E-state index >= 15 is 0 Å². The predicted octanol–water partition coefficient (Wildman–Crippen LogP) is 3.45. The molecule has 0 N–H and O–H groups in total. The van der Waals surface area contributed by atoms with Crippen molar-refractivity contribution in [1.82, 2.24) is 0 Å². The van der Waals surface area contributed by atoms with Crippen molar-refractivity contribution in [1.29, 1.82) is 0 Å². The van der Waals surface area contributed by atoms with E-state index in [1.165, 1.54) is 13.0 Å². The lowest BCUT2D eigenvalue weighted by molar-refractivity contribution is -0.132. The number of carbonyl (C=O) groups is 2. The van der Waals surface area contributed by atoms with E-state index in [1.54, 1.807) is 30.3 Å². The molecule has 0 aliphatic heterocycles. The summed E-state index contributed by atoms with van der Waals surface area (Å²) in [5.74, 6) is -2.98. The summed E-state index contributed by atoms with van der Waals surface area (Å²) in [4.78, 5) is 35.1.